The molecule has 5 heteroatoms. The largest absolute Gasteiger partial charge is 0.476 e. The molecule has 1 heterocycles. The summed E-state index contributed by atoms with van der Waals surface area (Å²) < 4.78 is 9.87. The van der Waals surface area contributed by atoms with Crippen molar-refractivity contribution in [2.45, 2.75) is 13.5 Å². The second-order valence-electron chi connectivity index (χ2n) is 2.57. The van der Waals surface area contributed by atoms with Gasteiger partial charge < -0.3 is 14.4 Å². The fraction of sp³-hybridized carbons (Fsp3) is 0.333. The van der Waals surface area contributed by atoms with Crippen molar-refractivity contribution in [1.29, 1.82) is 0 Å². The molecule has 0 unspecified atom stereocenters. The van der Waals surface area contributed by atoms with Crippen LogP contribution in [0.15, 0.2) is 22.7 Å². The van der Waals surface area contributed by atoms with E-state index in [0.717, 1.165) is 0 Å². The van der Waals surface area contributed by atoms with E-state index in [1.807, 2.05) is 19.1 Å². The third kappa shape index (κ3) is 3.02. The van der Waals surface area contributed by atoms with E-state index >= 15 is 0 Å². The lowest BCUT2D eigenvalue weighted by Crippen LogP contribution is -1.95. The molecule has 0 aliphatic carbocycles. The van der Waals surface area contributed by atoms with Crippen molar-refractivity contribution >= 4 is 5.97 Å². The Morgan fingerprint density at radius 2 is 2.57 bits per heavy atom. The summed E-state index contributed by atoms with van der Waals surface area (Å²) >= 11 is 0. The lowest BCUT2D eigenvalue weighted by Gasteiger charge is -1.94. The number of carboxylic acid groups (broad SMARTS) is 1. The minimum Gasteiger partial charge on any atom is -0.476 e. The Balaban J connectivity index is 2.40. The summed E-state index contributed by atoms with van der Waals surface area (Å²) in [4.78, 5) is 10.4. The predicted molar refractivity (Wildman–Crippen MR) is 47.9 cm³/mol. The smallest absolute Gasteiger partial charge is 0.358 e. The molecular weight excluding hydrogens is 186 g/mol. The van der Waals surface area contributed by atoms with E-state index in [1.54, 1.807) is 0 Å². The molecule has 1 aromatic rings. The average molecular weight is 197 g/mol. The fourth-order valence-corrected chi connectivity index (χ4v) is 0.806. The maximum Gasteiger partial charge on any atom is 0.358 e. The van der Waals surface area contributed by atoms with Crippen LogP contribution in [-0.4, -0.2) is 22.8 Å². The normalized spacial score (nSPS) is 10.9. The van der Waals surface area contributed by atoms with E-state index in [4.69, 9.17) is 14.4 Å². The van der Waals surface area contributed by atoms with E-state index in [1.165, 1.54) is 6.07 Å². The van der Waals surface area contributed by atoms with Crippen LogP contribution in [0, 0.1) is 0 Å². The second-order valence-corrected chi connectivity index (χ2v) is 2.57. The number of carbonyl (C=O) groups is 1. The molecule has 0 spiro atoms. The maximum absolute atomic E-state index is 10.4. The zero-order valence-corrected chi connectivity index (χ0v) is 7.77. The quantitative estimate of drug-likeness (QED) is 0.571. The van der Waals surface area contributed by atoms with Gasteiger partial charge in [-0.2, -0.15) is 0 Å². The van der Waals surface area contributed by atoms with Gasteiger partial charge in [-0.3, -0.25) is 0 Å². The molecule has 1 aromatic heterocycles. The lowest BCUT2D eigenvalue weighted by atomic mass is 10.4. The van der Waals surface area contributed by atoms with Crippen LogP contribution in [0.1, 0.15) is 23.2 Å². The molecule has 0 saturated carbocycles. The van der Waals surface area contributed by atoms with Crippen LogP contribution in [0.25, 0.3) is 0 Å². The molecule has 0 fully saturated rings. The van der Waals surface area contributed by atoms with Crippen molar-refractivity contribution in [1.82, 2.24) is 5.16 Å². The van der Waals surface area contributed by atoms with Gasteiger partial charge >= 0.3 is 5.97 Å². The standard InChI is InChI=1S/C9H11NO4/c1-2-3-4-13-6-7-5-8(9(11)12)10-14-7/h2-3,5H,4,6H2,1H3,(H,11,12). The highest BCUT2D eigenvalue weighted by Gasteiger charge is 2.09. The minimum absolute atomic E-state index is 0.102. The highest BCUT2D eigenvalue weighted by atomic mass is 16.5. The Labute approximate surface area is 81.0 Å². The van der Waals surface area contributed by atoms with Gasteiger partial charge in [-0.05, 0) is 6.92 Å². The zero-order valence-electron chi connectivity index (χ0n) is 7.77. The first kappa shape index (κ1) is 10.5. The van der Waals surface area contributed by atoms with Crippen molar-refractivity contribution in [2.24, 2.45) is 0 Å². The van der Waals surface area contributed by atoms with Gasteiger partial charge in [-0.25, -0.2) is 4.79 Å². The predicted octanol–water partition coefficient (Wildman–Crippen LogP) is 1.47. The van der Waals surface area contributed by atoms with Gasteiger partial charge in [0.2, 0.25) is 0 Å². The minimum atomic E-state index is -1.10. The number of ether oxygens (including phenoxy) is 1. The van der Waals surface area contributed by atoms with Gasteiger partial charge in [0.05, 0.1) is 6.61 Å². The number of nitrogens with zero attached hydrogens (tertiary/aromatic N) is 1. The molecule has 0 aliphatic heterocycles. The third-order valence-corrected chi connectivity index (χ3v) is 1.47. The summed E-state index contributed by atoms with van der Waals surface area (Å²) in [5.41, 5.74) is -0.102. The van der Waals surface area contributed by atoms with Gasteiger partial charge in [-0.1, -0.05) is 17.3 Å². The van der Waals surface area contributed by atoms with Gasteiger partial charge in [-0.15, -0.1) is 0 Å². The van der Waals surface area contributed by atoms with E-state index in [-0.39, 0.29) is 12.3 Å². The first-order valence-corrected chi connectivity index (χ1v) is 4.12. The Kier molecular flexibility index (Phi) is 3.87. The van der Waals surface area contributed by atoms with Crippen molar-refractivity contribution in [2.75, 3.05) is 6.61 Å². The molecule has 1 rings (SSSR count). The molecule has 0 aliphatic rings. The number of hydrogen-bond donors (Lipinski definition) is 1. The van der Waals surface area contributed by atoms with Gasteiger partial charge in [0.1, 0.15) is 6.61 Å². The molecule has 0 radical (unpaired) electrons. The van der Waals surface area contributed by atoms with Crippen molar-refractivity contribution < 1.29 is 19.2 Å². The maximum atomic E-state index is 10.4. The summed E-state index contributed by atoms with van der Waals surface area (Å²) in [7, 11) is 0. The van der Waals surface area contributed by atoms with Crippen molar-refractivity contribution in [3.05, 3.63) is 29.7 Å². The third-order valence-electron chi connectivity index (χ3n) is 1.47. The molecule has 1 N–H and O–H groups in total. The Morgan fingerprint density at radius 3 is 3.14 bits per heavy atom. The summed E-state index contributed by atoms with van der Waals surface area (Å²) in [5.74, 6) is -0.694. The first-order valence-electron chi connectivity index (χ1n) is 4.12. The van der Waals surface area contributed by atoms with Crippen LogP contribution in [0.2, 0.25) is 0 Å². The number of aromatic nitrogens is 1. The SMILES string of the molecule is CC=CCOCc1cc(C(=O)O)no1. The topological polar surface area (TPSA) is 72.6 Å². The molecule has 76 valence electrons. The summed E-state index contributed by atoms with van der Waals surface area (Å²) in [5, 5.41) is 11.9. The number of rotatable bonds is 5. The number of carboxylic acids is 1. The van der Waals surface area contributed by atoms with E-state index < -0.39 is 5.97 Å². The number of aromatic carboxylic acids is 1. The summed E-state index contributed by atoms with van der Waals surface area (Å²) in [6.07, 6.45) is 3.71. The van der Waals surface area contributed by atoms with Crippen LogP contribution in [0.5, 0.6) is 0 Å². The Morgan fingerprint density at radius 1 is 1.79 bits per heavy atom. The molecule has 0 bridgehead atoms. The van der Waals surface area contributed by atoms with Gasteiger partial charge in [0, 0.05) is 6.07 Å². The van der Waals surface area contributed by atoms with Crippen molar-refractivity contribution in [3.8, 4) is 0 Å². The Bertz CT molecular complexity index is 329. The van der Waals surface area contributed by atoms with Crippen LogP contribution in [0.4, 0.5) is 0 Å². The summed E-state index contributed by atoms with van der Waals surface area (Å²) in [6, 6.07) is 1.35. The van der Waals surface area contributed by atoms with Gasteiger partial charge in [0.15, 0.2) is 11.5 Å². The average Bonchev–Trinajstić information content (AvgIpc) is 2.61. The first-order chi connectivity index (χ1) is 6.74. The molecule has 0 amide bonds. The monoisotopic (exact) mass is 197 g/mol. The van der Waals surface area contributed by atoms with Crippen LogP contribution in [0.3, 0.4) is 0 Å². The molecule has 0 aromatic carbocycles. The fourth-order valence-electron chi connectivity index (χ4n) is 0.806. The summed E-state index contributed by atoms with van der Waals surface area (Å²) in [6.45, 7) is 2.59. The number of hydrogen-bond acceptors (Lipinski definition) is 4. The zero-order chi connectivity index (χ0) is 10.4. The molecule has 0 atom stereocenters. The van der Waals surface area contributed by atoms with E-state index in [9.17, 15) is 4.79 Å². The van der Waals surface area contributed by atoms with Crippen LogP contribution < -0.4 is 0 Å². The van der Waals surface area contributed by atoms with Crippen molar-refractivity contribution in [3.63, 3.8) is 0 Å². The molecule has 14 heavy (non-hydrogen) atoms. The van der Waals surface area contributed by atoms with Crippen LogP contribution >= 0.6 is 0 Å². The van der Waals surface area contributed by atoms with E-state index in [2.05, 4.69) is 5.16 Å². The van der Waals surface area contributed by atoms with Crippen LogP contribution in [-0.2, 0) is 11.3 Å². The van der Waals surface area contributed by atoms with E-state index in [0.29, 0.717) is 12.4 Å². The highest BCUT2D eigenvalue weighted by molar-refractivity contribution is 5.85. The lowest BCUT2D eigenvalue weighted by molar-refractivity contribution is 0.0685. The number of allylic oxidation sites excluding steroid dienone is 1. The highest BCUT2D eigenvalue weighted by Crippen LogP contribution is 2.04. The molecular formula is C9H11NO4. The molecule has 5 nitrogen and oxygen atoms in total. The molecule has 0 saturated heterocycles. The Hall–Kier alpha value is -1.62. The van der Waals surface area contributed by atoms with Gasteiger partial charge in [0.25, 0.3) is 0 Å². The second kappa shape index (κ2) is 5.18.